The first-order valence-electron chi connectivity index (χ1n) is 5.07. The molecule has 1 aliphatic rings. The van der Waals surface area contributed by atoms with Crippen molar-refractivity contribution in [2.24, 2.45) is 0 Å². The molecular formula is C10H19N3O. The summed E-state index contributed by atoms with van der Waals surface area (Å²) in [6.45, 7) is 9.73. The standard InChI is InChI=1S/C10H19N3O/c1-6(2)12-8(5)9(11)13(7(3)4)10(12)14/h6-8,11H,1-5H3. The molecular weight excluding hydrogens is 178 g/mol. The molecule has 1 rings (SSSR count). The van der Waals surface area contributed by atoms with Crippen LogP contribution in [0.25, 0.3) is 0 Å². The molecule has 0 saturated carbocycles. The Balaban J connectivity index is 2.97. The van der Waals surface area contributed by atoms with Crippen LogP contribution in [0, 0.1) is 5.41 Å². The number of nitrogens with one attached hydrogen (secondary N) is 1. The number of hydrogen-bond acceptors (Lipinski definition) is 2. The molecule has 1 unspecified atom stereocenters. The van der Waals surface area contributed by atoms with Gasteiger partial charge in [0.05, 0.1) is 6.04 Å². The lowest BCUT2D eigenvalue weighted by Crippen LogP contribution is -2.40. The number of hydrogen-bond donors (Lipinski definition) is 1. The molecule has 0 aromatic rings. The smallest absolute Gasteiger partial charge is 0.312 e. The Morgan fingerprint density at radius 1 is 1.21 bits per heavy atom. The van der Waals surface area contributed by atoms with Gasteiger partial charge in [0, 0.05) is 12.1 Å². The van der Waals surface area contributed by atoms with Crippen LogP contribution in [0.15, 0.2) is 0 Å². The highest BCUT2D eigenvalue weighted by Crippen LogP contribution is 2.22. The zero-order valence-electron chi connectivity index (χ0n) is 9.53. The fraction of sp³-hybridized carbons (Fsp3) is 0.800. The van der Waals surface area contributed by atoms with Crippen molar-refractivity contribution in [3.8, 4) is 0 Å². The lowest BCUT2D eigenvalue weighted by atomic mass is 10.2. The van der Waals surface area contributed by atoms with Crippen molar-refractivity contribution in [1.82, 2.24) is 9.80 Å². The number of nitrogens with zero attached hydrogens (tertiary/aromatic N) is 2. The van der Waals surface area contributed by atoms with Gasteiger partial charge >= 0.3 is 6.03 Å². The molecule has 1 saturated heterocycles. The molecule has 1 aliphatic heterocycles. The molecule has 0 aromatic heterocycles. The second-order valence-electron chi connectivity index (χ2n) is 4.31. The minimum atomic E-state index is -0.0927. The Hall–Kier alpha value is -1.06. The lowest BCUT2D eigenvalue weighted by Gasteiger charge is -2.24. The van der Waals surface area contributed by atoms with E-state index in [1.807, 2.05) is 34.6 Å². The molecule has 1 fully saturated rings. The van der Waals surface area contributed by atoms with Gasteiger partial charge in [-0.1, -0.05) is 0 Å². The molecule has 1 heterocycles. The quantitative estimate of drug-likeness (QED) is 0.722. The van der Waals surface area contributed by atoms with Crippen molar-refractivity contribution < 1.29 is 4.79 Å². The lowest BCUT2D eigenvalue weighted by molar-refractivity contribution is 0.171. The largest absolute Gasteiger partial charge is 0.326 e. The zero-order chi connectivity index (χ0) is 11.0. The van der Waals surface area contributed by atoms with Gasteiger partial charge in [0.15, 0.2) is 0 Å². The third-order valence-corrected chi connectivity index (χ3v) is 2.57. The highest BCUT2D eigenvalue weighted by Gasteiger charge is 2.41. The van der Waals surface area contributed by atoms with Gasteiger partial charge in [-0.05, 0) is 34.6 Å². The molecule has 14 heavy (non-hydrogen) atoms. The minimum Gasteiger partial charge on any atom is -0.312 e. The molecule has 4 heteroatoms. The van der Waals surface area contributed by atoms with Crippen LogP contribution in [0.4, 0.5) is 4.79 Å². The number of carbonyl (C=O) groups is 1. The van der Waals surface area contributed by atoms with Crippen LogP contribution in [0.1, 0.15) is 34.6 Å². The third kappa shape index (κ3) is 1.49. The number of carbonyl (C=O) groups excluding carboxylic acids is 1. The van der Waals surface area contributed by atoms with E-state index >= 15 is 0 Å². The third-order valence-electron chi connectivity index (χ3n) is 2.57. The van der Waals surface area contributed by atoms with Crippen LogP contribution in [0.3, 0.4) is 0 Å². The van der Waals surface area contributed by atoms with Crippen LogP contribution < -0.4 is 0 Å². The first-order chi connectivity index (χ1) is 6.37. The van der Waals surface area contributed by atoms with Crippen molar-refractivity contribution in [1.29, 1.82) is 5.41 Å². The first kappa shape index (κ1) is 11.0. The van der Waals surface area contributed by atoms with E-state index in [1.165, 1.54) is 0 Å². The summed E-state index contributed by atoms with van der Waals surface area (Å²) in [5, 5.41) is 7.86. The fourth-order valence-corrected chi connectivity index (χ4v) is 1.89. The highest BCUT2D eigenvalue weighted by atomic mass is 16.2. The van der Waals surface area contributed by atoms with Crippen LogP contribution in [-0.2, 0) is 0 Å². The van der Waals surface area contributed by atoms with Crippen molar-refractivity contribution >= 4 is 11.9 Å². The molecule has 1 atom stereocenters. The number of urea groups is 1. The Kier molecular flexibility index (Phi) is 2.83. The van der Waals surface area contributed by atoms with Crippen molar-refractivity contribution in [2.75, 3.05) is 0 Å². The zero-order valence-corrected chi connectivity index (χ0v) is 9.53. The maximum Gasteiger partial charge on any atom is 0.326 e. The van der Waals surface area contributed by atoms with Crippen LogP contribution in [-0.4, -0.2) is 39.8 Å². The molecule has 0 spiro atoms. The Labute approximate surface area is 85.4 Å². The van der Waals surface area contributed by atoms with Gasteiger partial charge in [-0.2, -0.15) is 0 Å². The molecule has 0 aliphatic carbocycles. The van der Waals surface area contributed by atoms with E-state index in [2.05, 4.69) is 0 Å². The first-order valence-corrected chi connectivity index (χ1v) is 5.07. The van der Waals surface area contributed by atoms with Gasteiger partial charge in [-0.3, -0.25) is 10.3 Å². The normalized spacial score (nSPS) is 23.2. The summed E-state index contributed by atoms with van der Waals surface area (Å²) in [6, 6.07) is 0.0974. The topological polar surface area (TPSA) is 47.4 Å². The second kappa shape index (κ2) is 3.59. The predicted octanol–water partition coefficient (Wildman–Crippen LogP) is 1.91. The maximum atomic E-state index is 11.9. The summed E-state index contributed by atoms with van der Waals surface area (Å²) >= 11 is 0. The van der Waals surface area contributed by atoms with Gasteiger partial charge in [-0.15, -0.1) is 0 Å². The van der Waals surface area contributed by atoms with E-state index in [1.54, 1.807) is 9.80 Å². The maximum absolute atomic E-state index is 11.9. The van der Waals surface area contributed by atoms with Gasteiger partial charge in [0.1, 0.15) is 5.84 Å². The van der Waals surface area contributed by atoms with Crippen LogP contribution >= 0.6 is 0 Å². The van der Waals surface area contributed by atoms with E-state index < -0.39 is 0 Å². The van der Waals surface area contributed by atoms with E-state index in [-0.39, 0.29) is 24.2 Å². The average molecular weight is 197 g/mol. The van der Waals surface area contributed by atoms with Crippen LogP contribution in [0.5, 0.6) is 0 Å². The van der Waals surface area contributed by atoms with Gasteiger partial charge in [0.2, 0.25) is 0 Å². The summed E-state index contributed by atoms with van der Waals surface area (Å²) in [7, 11) is 0. The van der Waals surface area contributed by atoms with Crippen LogP contribution in [0.2, 0.25) is 0 Å². The minimum absolute atomic E-state index is 0.0347. The molecule has 2 amide bonds. The molecule has 0 bridgehead atoms. The van der Waals surface area contributed by atoms with Crippen molar-refractivity contribution in [3.05, 3.63) is 0 Å². The number of amidine groups is 1. The van der Waals surface area contributed by atoms with Gasteiger partial charge in [0.25, 0.3) is 0 Å². The second-order valence-corrected chi connectivity index (χ2v) is 4.31. The molecule has 0 aromatic carbocycles. The van der Waals surface area contributed by atoms with Gasteiger partial charge in [-0.25, -0.2) is 4.79 Å². The molecule has 80 valence electrons. The Bertz CT molecular complexity index is 260. The van der Waals surface area contributed by atoms with E-state index in [0.29, 0.717) is 5.84 Å². The summed E-state index contributed by atoms with van der Waals surface area (Å²) in [5.41, 5.74) is 0. The summed E-state index contributed by atoms with van der Waals surface area (Å²) in [4.78, 5) is 15.2. The van der Waals surface area contributed by atoms with Crippen molar-refractivity contribution in [3.63, 3.8) is 0 Å². The number of amides is 2. The Morgan fingerprint density at radius 2 is 1.71 bits per heavy atom. The highest BCUT2D eigenvalue weighted by molar-refractivity contribution is 6.05. The molecule has 4 nitrogen and oxygen atoms in total. The monoisotopic (exact) mass is 197 g/mol. The molecule has 0 radical (unpaired) electrons. The van der Waals surface area contributed by atoms with E-state index in [0.717, 1.165) is 0 Å². The van der Waals surface area contributed by atoms with E-state index in [4.69, 9.17) is 5.41 Å². The summed E-state index contributed by atoms with van der Waals surface area (Å²) in [5.74, 6) is 0.415. The average Bonchev–Trinajstić information content (AvgIpc) is 2.23. The SMILES string of the molecule is CC(C)N1C(=N)C(C)N(C(C)C)C1=O. The number of rotatable bonds is 2. The molecule has 1 N–H and O–H groups in total. The van der Waals surface area contributed by atoms with E-state index in [9.17, 15) is 4.79 Å². The summed E-state index contributed by atoms with van der Waals surface area (Å²) in [6.07, 6.45) is 0. The predicted molar refractivity (Wildman–Crippen MR) is 56.5 cm³/mol. The van der Waals surface area contributed by atoms with Crippen molar-refractivity contribution in [2.45, 2.75) is 52.7 Å². The summed E-state index contributed by atoms with van der Waals surface area (Å²) < 4.78 is 0. The fourth-order valence-electron chi connectivity index (χ4n) is 1.89. The Morgan fingerprint density at radius 3 is 1.93 bits per heavy atom. The van der Waals surface area contributed by atoms with Gasteiger partial charge < -0.3 is 4.90 Å².